The molecule has 25 heavy (non-hydrogen) atoms. The molecule has 0 saturated carbocycles. The maximum absolute atomic E-state index is 12.4. The number of carbonyl (C=O) groups is 2. The number of ether oxygens (including phenoxy) is 1. The Labute approximate surface area is 146 Å². The van der Waals surface area contributed by atoms with E-state index in [4.69, 9.17) is 9.84 Å². The van der Waals surface area contributed by atoms with Crippen LogP contribution in [0.4, 0.5) is 4.79 Å². The molecular weight excluding hydrogens is 318 g/mol. The summed E-state index contributed by atoms with van der Waals surface area (Å²) in [5.41, 5.74) is 2.17. The van der Waals surface area contributed by atoms with Gasteiger partial charge in [-0.05, 0) is 36.6 Å². The fourth-order valence-electron chi connectivity index (χ4n) is 3.25. The number of carbonyl (C=O) groups excluding carboxylic acids is 1. The molecule has 2 aromatic rings. The highest BCUT2D eigenvalue weighted by Crippen LogP contribution is 2.32. The zero-order valence-corrected chi connectivity index (χ0v) is 14.1. The predicted molar refractivity (Wildman–Crippen MR) is 93.6 cm³/mol. The third-order valence-corrected chi connectivity index (χ3v) is 4.62. The molecule has 0 aliphatic carbocycles. The van der Waals surface area contributed by atoms with Crippen molar-refractivity contribution in [3.8, 4) is 0 Å². The maximum Gasteiger partial charge on any atom is 0.410 e. The Hall–Kier alpha value is -2.82. The smallest absolute Gasteiger partial charge is 0.410 e. The molecule has 1 aliphatic rings. The standard InChI is InChI=1S/C20H21NO4/c1-14-10-18(16-8-5-9-17(11-16)19(22)23)12-21(14)20(24)25-13-15-6-3-2-4-7-15/h2-9,11,14,18H,10,12-13H2,1H3,(H,22,23)/t14-,18-/m1/s1. The molecule has 130 valence electrons. The van der Waals surface area contributed by atoms with Crippen molar-refractivity contribution in [2.75, 3.05) is 6.54 Å². The van der Waals surface area contributed by atoms with Gasteiger partial charge in [-0.1, -0.05) is 42.5 Å². The monoisotopic (exact) mass is 339 g/mol. The van der Waals surface area contributed by atoms with Crippen LogP contribution in [0.5, 0.6) is 0 Å². The lowest BCUT2D eigenvalue weighted by molar-refractivity contribution is 0.0696. The quantitative estimate of drug-likeness (QED) is 0.917. The lowest BCUT2D eigenvalue weighted by Crippen LogP contribution is -2.34. The summed E-state index contributed by atoms with van der Waals surface area (Å²) in [6.45, 7) is 2.78. The number of hydrogen-bond acceptors (Lipinski definition) is 3. The molecule has 5 nitrogen and oxygen atoms in total. The van der Waals surface area contributed by atoms with E-state index in [9.17, 15) is 9.59 Å². The molecular formula is C20H21NO4. The first-order valence-electron chi connectivity index (χ1n) is 8.35. The van der Waals surface area contributed by atoms with Crippen LogP contribution in [0.15, 0.2) is 54.6 Å². The van der Waals surface area contributed by atoms with Crippen LogP contribution in [-0.2, 0) is 11.3 Å². The second-order valence-corrected chi connectivity index (χ2v) is 6.40. The Morgan fingerprint density at radius 3 is 2.64 bits per heavy atom. The van der Waals surface area contributed by atoms with Gasteiger partial charge in [-0.2, -0.15) is 0 Å². The van der Waals surface area contributed by atoms with Gasteiger partial charge >= 0.3 is 12.1 Å². The van der Waals surface area contributed by atoms with Gasteiger partial charge in [-0.3, -0.25) is 0 Å². The number of carboxylic acids is 1. The fourth-order valence-corrected chi connectivity index (χ4v) is 3.25. The Kier molecular flexibility index (Phi) is 5.03. The normalized spacial score (nSPS) is 19.6. The number of likely N-dealkylation sites (tertiary alicyclic amines) is 1. The zero-order valence-electron chi connectivity index (χ0n) is 14.1. The highest BCUT2D eigenvalue weighted by atomic mass is 16.6. The van der Waals surface area contributed by atoms with Crippen molar-refractivity contribution in [3.63, 3.8) is 0 Å². The van der Waals surface area contributed by atoms with E-state index in [1.807, 2.05) is 43.3 Å². The lowest BCUT2D eigenvalue weighted by Gasteiger charge is -2.21. The van der Waals surface area contributed by atoms with Crippen molar-refractivity contribution in [3.05, 3.63) is 71.3 Å². The first-order valence-corrected chi connectivity index (χ1v) is 8.35. The lowest BCUT2D eigenvalue weighted by atomic mass is 9.95. The van der Waals surface area contributed by atoms with Crippen molar-refractivity contribution >= 4 is 12.1 Å². The molecule has 1 saturated heterocycles. The largest absolute Gasteiger partial charge is 0.478 e. The third-order valence-electron chi connectivity index (χ3n) is 4.62. The fraction of sp³-hybridized carbons (Fsp3) is 0.300. The van der Waals surface area contributed by atoms with Crippen LogP contribution in [0, 0.1) is 0 Å². The number of rotatable bonds is 4. The SMILES string of the molecule is C[C@@H]1C[C@@H](c2cccc(C(=O)O)c2)CN1C(=O)OCc1ccccc1. The Morgan fingerprint density at radius 1 is 1.16 bits per heavy atom. The molecule has 1 aliphatic heterocycles. The molecule has 5 heteroatoms. The molecule has 2 atom stereocenters. The number of carboxylic acid groups (broad SMARTS) is 1. The van der Waals surface area contributed by atoms with Crippen LogP contribution >= 0.6 is 0 Å². The molecule has 0 radical (unpaired) electrons. The van der Waals surface area contributed by atoms with Gasteiger partial charge in [0.25, 0.3) is 0 Å². The first kappa shape index (κ1) is 17.0. The van der Waals surface area contributed by atoms with Gasteiger partial charge in [0.15, 0.2) is 0 Å². The average Bonchev–Trinajstić information content (AvgIpc) is 3.02. The number of benzene rings is 2. The van der Waals surface area contributed by atoms with Gasteiger partial charge in [0.05, 0.1) is 5.56 Å². The molecule has 1 fully saturated rings. The zero-order chi connectivity index (χ0) is 17.8. The van der Waals surface area contributed by atoms with E-state index in [2.05, 4.69) is 0 Å². The van der Waals surface area contributed by atoms with Crippen molar-refractivity contribution in [2.24, 2.45) is 0 Å². The Morgan fingerprint density at radius 2 is 1.92 bits per heavy atom. The highest BCUT2D eigenvalue weighted by Gasteiger charge is 2.34. The minimum Gasteiger partial charge on any atom is -0.478 e. The van der Waals surface area contributed by atoms with E-state index in [1.165, 1.54) is 0 Å². The van der Waals surface area contributed by atoms with E-state index in [1.54, 1.807) is 23.1 Å². The summed E-state index contributed by atoms with van der Waals surface area (Å²) in [7, 11) is 0. The van der Waals surface area contributed by atoms with Crippen LogP contribution in [0.25, 0.3) is 0 Å². The van der Waals surface area contributed by atoms with Crippen LogP contribution in [0.2, 0.25) is 0 Å². The maximum atomic E-state index is 12.4. The summed E-state index contributed by atoms with van der Waals surface area (Å²) < 4.78 is 5.42. The molecule has 2 aromatic carbocycles. The summed E-state index contributed by atoms with van der Waals surface area (Å²) >= 11 is 0. The number of nitrogens with zero attached hydrogens (tertiary/aromatic N) is 1. The van der Waals surface area contributed by atoms with E-state index in [0.29, 0.717) is 6.54 Å². The van der Waals surface area contributed by atoms with Gasteiger partial charge in [-0.15, -0.1) is 0 Å². The van der Waals surface area contributed by atoms with Crippen molar-refractivity contribution in [1.29, 1.82) is 0 Å². The van der Waals surface area contributed by atoms with Gasteiger partial charge in [-0.25, -0.2) is 9.59 Å². The summed E-state index contributed by atoms with van der Waals surface area (Å²) in [4.78, 5) is 25.3. The Bertz CT molecular complexity index is 759. The van der Waals surface area contributed by atoms with Crippen LogP contribution in [0.3, 0.4) is 0 Å². The number of amides is 1. The van der Waals surface area contributed by atoms with Crippen LogP contribution in [0.1, 0.15) is 40.7 Å². The minimum absolute atomic E-state index is 0.0572. The van der Waals surface area contributed by atoms with E-state index in [-0.39, 0.29) is 30.2 Å². The van der Waals surface area contributed by atoms with Crippen LogP contribution in [-0.4, -0.2) is 34.7 Å². The summed E-state index contributed by atoms with van der Waals surface area (Å²) in [6, 6.07) is 16.6. The highest BCUT2D eigenvalue weighted by molar-refractivity contribution is 5.87. The summed E-state index contributed by atoms with van der Waals surface area (Å²) in [6.07, 6.45) is 0.469. The van der Waals surface area contributed by atoms with E-state index in [0.717, 1.165) is 17.5 Å². The number of hydrogen-bond donors (Lipinski definition) is 1. The molecule has 0 spiro atoms. The minimum atomic E-state index is -0.938. The van der Waals surface area contributed by atoms with Gasteiger partial charge in [0, 0.05) is 18.5 Å². The van der Waals surface area contributed by atoms with Crippen molar-refractivity contribution in [2.45, 2.75) is 31.9 Å². The molecule has 0 bridgehead atoms. The average molecular weight is 339 g/mol. The topological polar surface area (TPSA) is 66.8 Å². The van der Waals surface area contributed by atoms with Gasteiger partial charge < -0.3 is 14.7 Å². The molecule has 1 N–H and O–H groups in total. The summed E-state index contributed by atoms with van der Waals surface area (Å²) in [5.74, 6) is -0.814. The molecule has 1 heterocycles. The second kappa shape index (κ2) is 7.38. The van der Waals surface area contributed by atoms with Gasteiger partial charge in [0.2, 0.25) is 0 Å². The van der Waals surface area contributed by atoms with Crippen LogP contribution < -0.4 is 0 Å². The third kappa shape index (κ3) is 3.99. The van der Waals surface area contributed by atoms with Crippen molar-refractivity contribution < 1.29 is 19.4 Å². The molecule has 1 amide bonds. The van der Waals surface area contributed by atoms with Gasteiger partial charge in [0.1, 0.15) is 6.61 Å². The predicted octanol–water partition coefficient (Wildman–Crippen LogP) is 3.90. The van der Waals surface area contributed by atoms with E-state index >= 15 is 0 Å². The first-order chi connectivity index (χ1) is 12.0. The Balaban J connectivity index is 1.63. The number of aromatic carboxylic acids is 1. The van der Waals surface area contributed by atoms with E-state index < -0.39 is 5.97 Å². The summed E-state index contributed by atoms with van der Waals surface area (Å²) in [5, 5.41) is 9.14. The molecule has 0 unspecified atom stereocenters. The molecule has 0 aromatic heterocycles. The molecule has 3 rings (SSSR count). The second-order valence-electron chi connectivity index (χ2n) is 6.40. The van der Waals surface area contributed by atoms with Crippen molar-refractivity contribution in [1.82, 2.24) is 4.90 Å².